The molecule has 9 heteroatoms. The van der Waals surface area contributed by atoms with Crippen LogP contribution >= 0.6 is 11.6 Å². The van der Waals surface area contributed by atoms with E-state index in [1.165, 1.54) is 30.3 Å². The first-order chi connectivity index (χ1) is 15.7. The third-order valence-electron chi connectivity index (χ3n) is 4.69. The van der Waals surface area contributed by atoms with Gasteiger partial charge in [0.15, 0.2) is 0 Å². The molecule has 0 bridgehead atoms. The van der Waals surface area contributed by atoms with Crippen molar-refractivity contribution in [1.29, 1.82) is 0 Å². The molecule has 1 N–H and O–H groups in total. The zero-order chi connectivity index (χ0) is 24.0. The lowest BCUT2D eigenvalue weighted by Crippen LogP contribution is -2.38. The summed E-state index contributed by atoms with van der Waals surface area (Å²) in [6.07, 6.45) is 0. The van der Waals surface area contributed by atoms with Crippen LogP contribution in [0.3, 0.4) is 0 Å². The molecular formula is C24H23ClN2O5S. The van der Waals surface area contributed by atoms with Crippen molar-refractivity contribution in [1.82, 2.24) is 0 Å². The predicted molar refractivity (Wildman–Crippen MR) is 128 cm³/mol. The van der Waals surface area contributed by atoms with Gasteiger partial charge < -0.3 is 10.1 Å². The van der Waals surface area contributed by atoms with Crippen LogP contribution in [0.4, 0.5) is 11.4 Å². The molecule has 0 aliphatic carbocycles. The molecule has 0 aromatic heterocycles. The van der Waals surface area contributed by atoms with Gasteiger partial charge in [0.2, 0.25) is 5.91 Å². The van der Waals surface area contributed by atoms with Gasteiger partial charge in [0.05, 0.1) is 27.8 Å². The highest BCUT2D eigenvalue weighted by atomic mass is 35.5. The number of nitrogens with one attached hydrogen (secondary N) is 1. The number of hydrogen-bond acceptors (Lipinski definition) is 5. The van der Waals surface area contributed by atoms with E-state index >= 15 is 0 Å². The molecule has 0 aliphatic rings. The molecule has 0 atom stereocenters. The van der Waals surface area contributed by atoms with Crippen molar-refractivity contribution in [3.05, 3.63) is 88.9 Å². The van der Waals surface area contributed by atoms with E-state index in [0.29, 0.717) is 5.69 Å². The van der Waals surface area contributed by atoms with E-state index < -0.39 is 28.4 Å². The van der Waals surface area contributed by atoms with Crippen LogP contribution in [-0.2, 0) is 19.6 Å². The normalized spacial score (nSPS) is 11.0. The standard InChI is InChI=1S/C24H23ClN2O5S/c1-3-32-24(29)21-15-18(11-14-22(21)25)26-23(28)16-27(19-12-9-17(2)10-13-19)33(30,31)20-7-5-4-6-8-20/h4-15H,3,16H2,1-2H3,(H,26,28). The maximum absolute atomic E-state index is 13.3. The van der Waals surface area contributed by atoms with Crippen molar-refractivity contribution < 1.29 is 22.7 Å². The topological polar surface area (TPSA) is 92.8 Å². The molecule has 172 valence electrons. The number of rotatable bonds is 8. The third kappa shape index (κ3) is 5.91. The average molecular weight is 487 g/mol. The first-order valence-electron chi connectivity index (χ1n) is 10.1. The second-order valence-electron chi connectivity index (χ2n) is 7.12. The van der Waals surface area contributed by atoms with Crippen LogP contribution in [0.5, 0.6) is 0 Å². The van der Waals surface area contributed by atoms with Crippen molar-refractivity contribution in [2.45, 2.75) is 18.7 Å². The summed E-state index contributed by atoms with van der Waals surface area (Å²) in [5.74, 6) is -1.21. The van der Waals surface area contributed by atoms with Crippen LogP contribution in [0.15, 0.2) is 77.7 Å². The predicted octanol–water partition coefficient (Wildman–Crippen LogP) is 4.66. The summed E-state index contributed by atoms with van der Waals surface area (Å²) in [5.41, 5.74) is 1.69. The maximum Gasteiger partial charge on any atom is 0.339 e. The number of amides is 1. The highest BCUT2D eigenvalue weighted by molar-refractivity contribution is 7.92. The second-order valence-corrected chi connectivity index (χ2v) is 9.39. The lowest BCUT2D eigenvalue weighted by Gasteiger charge is -2.24. The minimum atomic E-state index is -4.01. The van der Waals surface area contributed by atoms with Gasteiger partial charge in [0, 0.05) is 5.69 Å². The lowest BCUT2D eigenvalue weighted by atomic mass is 10.2. The Labute approximate surface area is 198 Å². The van der Waals surface area contributed by atoms with Crippen LogP contribution in [0, 0.1) is 6.92 Å². The van der Waals surface area contributed by atoms with Gasteiger partial charge in [-0.1, -0.05) is 47.5 Å². The largest absolute Gasteiger partial charge is 0.462 e. The fraction of sp³-hybridized carbons (Fsp3) is 0.167. The average Bonchev–Trinajstić information content (AvgIpc) is 2.80. The zero-order valence-electron chi connectivity index (χ0n) is 18.1. The van der Waals surface area contributed by atoms with E-state index in [1.54, 1.807) is 49.4 Å². The van der Waals surface area contributed by atoms with Crippen LogP contribution in [0.1, 0.15) is 22.8 Å². The molecule has 0 fully saturated rings. The number of halogens is 1. The van der Waals surface area contributed by atoms with Gasteiger partial charge in [-0.25, -0.2) is 13.2 Å². The van der Waals surface area contributed by atoms with Gasteiger partial charge in [-0.3, -0.25) is 9.10 Å². The fourth-order valence-electron chi connectivity index (χ4n) is 3.05. The van der Waals surface area contributed by atoms with Gasteiger partial charge in [-0.2, -0.15) is 0 Å². The number of ether oxygens (including phenoxy) is 1. The fourth-order valence-corrected chi connectivity index (χ4v) is 4.68. The SMILES string of the molecule is CCOC(=O)c1cc(NC(=O)CN(c2ccc(C)cc2)S(=O)(=O)c2ccccc2)ccc1Cl. The van der Waals surface area contributed by atoms with Gasteiger partial charge in [0.25, 0.3) is 10.0 Å². The lowest BCUT2D eigenvalue weighted by molar-refractivity contribution is -0.114. The molecule has 0 heterocycles. The van der Waals surface area contributed by atoms with E-state index in [4.69, 9.17) is 16.3 Å². The molecule has 0 saturated heterocycles. The molecule has 3 aromatic carbocycles. The highest BCUT2D eigenvalue weighted by Gasteiger charge is 2.27. The monoisotopic (exact) mass is 486 g/mol. The number of aryl methyl sites for hydroxylation is 1. The number of hydrogen-bond donors (Lipinski definition) is 1. The van der Waals surface area contributed by atoms with Gasteiger partial charge in [0.1, 0.15) is 6.54 Å². The Morgan fingerprint density at radius 1 is 1.00 bits per heavy atom. The van der Waals surface area contributed by atoms with Crippen molar-refractivity contribution >= 4 is 44.9 Å². The van der Waals surface area contributed by atoms with Crippen LogP contribution in [0.25, 0.3) is 0 Å². The van der Waals surface area contributed by atoms with E-state index in [9.17, 15) is 18.0 Å². The molecule has 3 aromatic rings. The summed E-state index contributed by atoms with van der Waals surface area (Å²) >= 11 is 6.07. The highest BCUT2D eigenvalue weighted by Crippen LogP contribution is 2.25. The number of sulfonamides is 1. The van der Waals surface area contributed by atoms with Crippen LogP contribution in [0.2, 0.25) is 5.02 Å². The van der Waals surface area contributed by atoms with Crippen molar-refractivity contribution in [3.63, 3.8) is 0 Å². The molecule has 3 rings (SSSR count). The van der Waals surface area contributed by atoms with Crippen LogP contribution < -0.4 is 9.62 Å². The summed E-state index contributed by atoms with van der Waals surface area (Å²) in [5, 5.41) is 2.81. The Morgan fingerprint density at radius 3 is 2.30 bits per heavy atom. The molecule has 33 heavy (non-hydrogen) atoms. The Balaban J connectivity index is 1.89. The number of carbonyl (C=O) groups excluding carboxylic acids is 2. The van der Waals surface area contributed by atoms with Gasteiger partial charge in [-0.05, 0) is 56.3 Å². The summed E-state index contributed by atoms with van der Waals surface area (Å²) in [7, 11) is -4.01. The maximum atomic E-state index is 13.3. The van der Waals surface area contributed by atoms with Crippen molar-refractivity contribution in [2.24, 2.45) is 0 Å². The quantitative estimate of drug-likeness (QED) is 0.467. The molecule has 0 spiro atoms. The molecule has 0 saturated carbocycles. The second kappa shape index (κ2) is 10.5. The minimum Gasteiger partial charge on any atom is -0.462 e. The molecular weight excluding hydrogens is 464 g/mol. The van der Waals surface area contributed by atoms with Crippen LogP contribution in [-0.4, -0.2) is 33.4 Å². The smallest absolute Gasteiger partial charge is 0.339 e. The Bertz CT molecular complexity index is 1250. The summed E-state index contributed by atoms with van der Waals surface area (Å²) in [6.45, 7) is 3.25. The number of esters is 1. The molecule has 7 nitrogen and oxygen atoms in total. The Hall–Kier alpha value is -3.36. The van der Waals surface area contributed by atoms with E-state index in [0.717, 1.165) is 9.87 Å². The number of carbonyl (C=O) groups is 2. The van der Waals surface area contributed by atoms with Crippen molar-refractivity contribution in [2.75, 3.05) is 22.8 Å². The summed E-state index contributed by atoms with van der Waals surface area (Å²) < 4.78 is 32.7. The molecule has 1 amide bonds. The zero-order valence-corrected chi connectivity index (χ0v) is 19.7. The molecule has 0 unspecified atom stereocenters. The number of nitrogens with zero attached hydrogens (tertiary/aromatic N) is 1. The minimum absolute atomic E-state index is 0.0643. The summed E-state index contributed by atoms with van der Waals surface area (Å²) in [4.78, 5) is 25.0. The van der Waals surface area contributed by atoms with Crippen molar-refractivity contribution in [3.8, 4) is 0 Å². The van der Waals surface area contributed by atoms with E-state index in [1.807, 2.05) is 6.92 Å². The Kier molecular flexibility index (Phi) is 7.73. The number of anilines is 2. The first-order valence-corrected chi connectivity index (χ1v) is 11.9. The third-order valence-corrected chi connectivity index (χ3v) is 6.80. The summed E-state index contributed by atoms with van der Waals surface area (Å²) in [6, 6.07) is 19.1. The van der Waals surface area contributed by atoms with Gasteiger partial charge in [-0.15, -0.1) is 0 Å². The Morgan fingerprint density at radius 2 is 1.67 bits per heavy atom. The molecule has 0 radical (unpaired) electrons. The van der Waals surface area contributed by atoms with E-state index in [2.05, 4.69) is 5.32 Å². The van der Waals surface area contributed by atoms with E-state index in [-0.39, 0.29) is 27.8 Å². The van der Waals surface area contributed by atoms with Gasteiger partial charge >= 0.3 is 5.97 Å². The molecule has 0 aliphatic heterocycles. The first kappa shape index (κ1) is 24.3. The number of benzene rings is 3.